The van der Waals surface area contributed by atoms with Gasteiger partial charge in [-0.1, -0.05) is 30.3 Å². The molecule has 1 heterocycles. The molecule has 3 nitrogen and oxygen atoms in total. The number of hydrogen-bond acceptors (Lipinski definition) is 2. The molecule has 2 N–H and O–H groups in total. The summed E-state index contributed by atoms with van der Waals surface area (Å²) in [5, 5.41) is 6.37. The molecule has 1 aliphatic heterocycles. The molecule has 86 valence electrons. The van der Waals surface area contributed by atoms with Crippen LogP contribution in [0.5, 0.6) is 0 Å². The summed E-state index contributed by atoms with van der Waals surface area (Å²) in [6, 6.07) is 9.84. The zero-order valence-corrected chi connectivity index (χ0v) is 9.62. The highest BCUT2D eigenvalue weighted by atomic mass is 16.1. The minimum atomic E-state index is -0.0636. The quantitative estimate of drug-likeness (QED) is 0.797. The topological polar surface area (TPSA) is 41.1 Å². The average molecular weight is 218 g/mol. The minimum Gasteiger partial charge on any atom is -0.349 e. The van der Waals surface area contributed by atoms with E-state index in [4.69, 9.17) is 0 Å². The van der Waals surface area contributed by atoms with Crippen molar-refractivity contribution in [2.24, 2.45) is 0 Å². The molecular weight excluding hydrogens is 200 g/mol. The molecule has 1 atom stereocenters. The summed E-state index contributed by atoms with van der Waals surface area (Å²) in [5.41, 5.74) is 1.00. The van der Waals surface area contributed by atoms with E-state index in [1.807, 2.05) is 30.3 Å². The van der Waals surface area contributed by atoms with Crippen LogP contribution in [0, 0.1) is 0 Å². The first-order valence-corrected chi connectivity index (χ1v) is 5.74. The Hall–Kier alpha value is -1.35. The highest BCUT2D eigenvalue weighted by Crippen LogP contribution is 2.13. The lowest BCUT2D eigenvalue weighted by Gasteiger charge is -2.24. The molecule has 0 aliphatic carbocycles. The van der Waals surface area contributed by atoms with Gasteiger partial charge in [0.15, 0.2) is 0 Å². The summed E-state index contributed by atoms with van der Waals surface area (Å²) < 4.78 is 0. The summed E-state index contributed by atoms with van der Waals surface area (Å²) >= 11 is 0. The Morgan fingerprint density at radius 2 is 2.19 bits per heavy atom. The van der Waals surface area contributed by atoms with Crippen LogP contribution in [0.4, 0.5) is 0 Å². The zero-order chi connectivity index (χ0) is 11.4. The maximum absolute atomic E-state index is 11.8. The second kappa shape index (κ2) is 4.66. The molecule has 1 fully saturated rings. The molecule has 1 amide bonds. The number of nitrogens with one attached hydrogen (secondary N) is 2. The molecule has 1 saturated heterocycles. The van der Waals surface area contributed by atoms with Gasteiger partial charge in [0, 0.05) is 6.54 Å². The van der Waals surface area contributed by atoms with Gasteiger partial charge < -0.3 is 10.6 Å². The van der Waals surface area contributed by atoms with Crippen LogP contribution in [0.2, 0.25) is 0 Å². The molecule has 1 aromatic rings. The Bertz CT molecular complexity index is 355. The number of benzene rings is 1. The van der Waals surface area contributed by atoms with Crippen LogP contribution in [-0.2, 0) is 11.2 Å². The fraction of sp³-hybridized carbons (Fsp3) is 0.462. The third kappa shape index (κ3) is 2.83. The molecule has 2 rings (SSSR count). The molecular formula is C13H18N2O. The van der Waals surface area contributed by atoms with Gasteiger partial charge in [-0.2, -0.15) is 0 Å². The van der Waals surface area contributed by atoms with E-state index in [0.717, 1.165) is 25.1 Å². The van der Waals surface area contributed by atoms with Crippen molar-refractivity contribution in [3.05, 3.63) is 35.9 Å². The Kier molecular flexibility index (Phi) is 3.25. The van der Waals surface area contributed by atoms with Gasteiger partial charge >= 0.3 is 0 Å². The van der Waals surface area contributed by atoms with Gasteiger partial charge in [0.25, 0.3) is 0 Å². The molecule has 1 aromatic carbocycles. The lowest BCUT2D eigenvalue weighted by Crippen LogP contribution is -2.48. The number of carbonyl (C=O) groups excluding carboxylic acids is 1. The molecule has 3 heteroatoms. The first kappa shape index (κ1) is 11.1. The van der Waals surface area contributed by atoms with Crippen molar-refractivity contribution in [1.82, 2.24) is 10.6 Å². The Morgan fingerprint density at radius 3 is 2.81 bits per heavy atom. The minimum absolute atomic E-state index is 0.0636. The smallest absolute Gasteiger partial charge is 0.224 e. The molecule has 16 heavy (non-hydrogen) atoms. The molecule has 1 aliphatic rings. The van der Waals surface area contributed by atoms with E-state index < -0.39 is 0 Å². The van der Waals surface area contributed by atoms with Crippen LogP contribution < -0.4 is 10.6 Å². The lowest BCUT2D eigenvalue weighted by molar-refractivity contribution is -0.122. The monoisotopic (exact) mass is 218 g/mol. The average Bonchev–Trinajstić information content (AvgIpc) is 2.66. The maximum Gasteiger partial charge on any atom is 0.224 e. The number of hydrogen-bond donors (Lipinski definition) is 2. The van der Waals surface area contributed by atoms with Gasteiger partial charge in [-0.3, -0.25) is 4.79 Å². The van der Waals surface area contributed by atoms with Gasteiger partial charge in [0.1, 0.15) is 0 Å². The Balaban J connectivity index is 1.89. The van der Waals surface area contributed by atoms with Crippen molar-refractivity contribution in [1.29, 1.82) is 0 Å². The van der Waals surface area contributed by atoms with E-state index in [-0.39, 0.29) is 11.4 Å². The fourth-order valence-electron chi connectivity index (χ4n) is 2.09. The summed E-state index contributed by atoms with van der Waals surface area (Å²) in [6.45, 7) is 3.95. The first-order chi connectivity index (χ1) is 7.68. The standard InChI is InChI=1S/C13H18N2O/c1-13(7-8-14-10-13)15-12(16)9-11-5-3-2-4-6-11/h2-6,14H,7-10H2,1H3,(H,15,16). The van der Waals surface area contributed by atoms with Crippen LogP contribution in [0.3, 0.4) is 0 Å². The van der Waals surface area contributed by atoms with Crippen molar-refractivity contribution in [2.45, 2.75) is 25.3 Å². The second-order valence-corrected chi connectivity index (χ2v) is 4.70. The summed E-state index contributed by atoms with van der Waals surface area (Å²) in [5.74, 6) is 0.109. The first-order valence-electron chi connectivity index (χ1n) is 5.74. The fourth-order valence-corrected chi connectivity index (χ4v) is 2.09. The van der Waals surface area contributed by atoms with Crippen molar-refractivity contribution < 1.29 is 4.79 Å². The van der Waals surface area contributed by atoms with Gasteiger partial charge in [-0.15, -0.1) is 0 Å². The van der Waals surface area contributed by atoms with Crippen molar-refractivity contribution >= 4 is 5.91 Å². The Morgan fingerprint density at radius 1 is 1.44 bits per heavy atom. The predicted octanol–water partition coefficient (Wildman–Crippen LogP) is 1.10. The number of rotatable bonds is 3. The normalized spacial score (nSPS) is 24.3. The van der Waals surface area contributed by atoms with E-state index in [1.165, 1.54) is 0 Å². The summed E-state index contributed by atoms with van der Waals surface area (Å²) in [7, 11) is 0. The van der Waals surface area contributed by atoms with Crippen LogP contribution in [-0.4, -0.2) is 24.5 Å². The van der Waals surface area contributed by atoms with Crippen LogP contribution in [0.15, 0.2) is 30.3 Å². The lowest BCUT2D eigenvalue weighted by atomic mass is 10.0. The highest BCUT2D eigenvalue weighted by Gasteiger charge is 2.29. The SMILES string of the molecule is CC1(NC(=O)Cc2ccccc2)CCNC1. The largest absolute Gasteiger partial charge is 0.349 e. The van der Waals surface area contributed by atoms with Gasteiger partial charge in [-0.25, -0.2) is 0 Å². The highest BCUT2D eigenvalue weighted by molar-refractivity contribution is 5.79. The summed E-state index contributed by atoms with van der Waals surface area (Å²) in [6.07, 6.45) is 1.48. The van der Waals surface area contributed by atoms with Crippen molar-refractivity contribution in [2.75, 3.05) is 13.1 Å². The van der Waals surface area contributed by atoms with Crippen molar-refractivity contribution in [3.8, 4) is 0 Å². The van der Waals surface area contributed by atoms with Crippen molar-refractivity contribution in [3.63, 3.8) is 0 Å². The Labute approximate surface area is 96.2 Å². The van der Waals surface area contributed by atoms with E-state index in [2.05, 4.69) is 17.6 Å². The van der Waals surface area contributed by atoms with E-state index in [1.54, 1.807) is 0 Å². The predicted molar refractivity (Wildman–Crippen MR) is 64.2 cm³/mol. The van der Waals surface area contributed by atoms with Gasteiger partial charge in [0.2, 0.25) is 5.91 Å². The molecule has 0 radical (unpaired) electrons. The molecule has 1 unspecified atom stereocenters. The van der Waals surface area contributed by atoms with Crippen LogP contribution >= 0.6 is 0 Å². The molecule has 0 bridgehead atoms. The molecule has 0 spiro atoms. The van der Waals surface area contributed by atoms with Crippen LogP contribution in [0.1, 0.15) is 18.9 Å². The van der Waals surface area contributed by atoms with Gasteiger partial charge in [-0.05, 0) is 25.5 Å². The maximum atomic E-state index is 11.8. The number of carbonyl (C=O) groups is 1. The van der Waals surface area contributed by atoms with Crippen LogP contribution in [0.25, 0.3) is 0 Å². The summed E-state index contributed by atoms with van der Waals surface area (Å²) in [4.78, 5) is 11.8. The number of amides is 1. The zero-order valence-electron chi connectivity index (χ0n) is 9.62. The van der Waals surface area contributed by atoms with Gasteiger partial charge in [0.05, 0.1) is 12.0 Å². The van der Waals surface area contributed by atoms with E-state index >= 15 is 0 Å². The molecule has 0 aromatic heterocycles. The van der Waals surface area contributed by atoms with E-state index in [9.17, 15) is 4.79 Å². The molecule has 0 saturated carbocycles. The van der Waals surface area contributed by atoms with E-state index in [0.29, 0.717) is 6.42 Å². The third-order valence-corrected chi connectivity index (χ3v) is 3.02. The third-order valence-electron chi connectivity index (χ3n) is 3.02. The second-order valence-electron chi connectivity index (χ2n) is 4.70.